The van der Waals surface area contributed by atoms with E-state index in [1.165, 1.54) is 9.21 Å². The first-order valence-electron chi connectivity index (χ1n) is 6.34. The summed E-state index contributed by atoms with van der Waals surface area (Å²) in [6, 6.07) is 0. The highest BCUT2D eigenvalue weighted by molar-refractivity contribution is 7.88. The van der Waals surface area contributed by atoms with Crippen LogP contribution in [0.2, 0.25) is 0 Å². The molecule has 0 radical (unpaired) electrons. The predicted molar refractivity (Wildman–Crippen MR) is 68.9 cm³/mol. The molecule has 9 heteroatoms. The third kappa shape index (κ3) is 3.34. The number of piperidine rings is 1. The summed E-state index contributed by atoms with van der Waals surface area (Å²) < 4.78 is 24.1. The lowest BCUT2D eigenvalue weighted by molar-refractivity contribution is -0.148. The lowest BCUT2D eigenvalue weighted by Crippen LogP contribution is -2.55. The van der Waals surface area contributed by atoms with Crippen LogP contribution in [0, 0.1) is 5.92 Å². The van der Waals surface area contributed by atoms with Crippen LogP contribution < -0.4 is 5.32 Å². The molecule has 0 aromatic heterocycles. The number of nitrogens with zero attached hydrogens (tertiary/aromatic N) is 2. The van der Waals surface area contributed by atoms with Gasteiger partial charge in [-0.15, -0.1) is 0 Å². The number of hydrogen-bond donors (Lipinski definition) is 1. The van der Waals surface area contributed by atoms with Crippen molar-refractivity contribution in [1.29, 1.82) is 0 Å². The zero-order valence-corrected chi connectivity index (χ0v) is 12.0. The van der Waals surface area contributed by atoms with Crippen LogP contribution in [-0.4, -0.2) is 67.8 Å². The molecular formula is C11H17N3O5S. The second-order valence-corrected chi connectivity index (χ2v) is 7.08. The van der Waals surface area contributed by atoms with Crippen LogP contribution in [0.5, 0.6) is 0 Å². The fourth-order valence-corrected chi connectivity index (χ4v) is 3.36. The van der Waals surface area contributed by atoms with Gasteiger partial charge < -0.3 is 4.90 Å². The number of carbonyl (C=O) groups excluding carboxylic acids is 3. The Bertz CT molecular complexity index is 520. The highest BCUT2D eigenvalue weighted by Gasteiger charge is 2.34. The first kappa shape index (κ1) is 14.9. The van der Waals surface area contributed by atoms with E-state index in [0.29, 0.717) is 25.9 Å². The molecular weight excluding hydrogens is 286 g/mol. The average molecular weight is 303 g/mol. The van der Waals surface area contributed by atoms with Gasteiger partial charge in [0.15, 0.2) is 0 Å². The molecule has 0 aliphatic carbocycles. The number of sulfonamides is 1. The number of nitrogens with one attached hydrogen (secondary N) is 1. The first-order chi connectivity index (χ1) is 9.27. The second-order valence-electron chi connectivity index (χ2n) is 5.10. The lowest BCUT2D eigenvalue weighted by Gasteiger charge is -2.33. The van der Waals surface area contributed by atoms with Gasteiger partial charge in [0.1, 0.15) is 13.1 Å². The minimum Gasteiger partial charge on any atom is -0.324 e. The Balaban J connectivity index is 1.95. The molecule has 3 amide bonds. The Morgan fingerprint density at radius 3 is 2.10 bits per heavy atom. The van der Waals surface area contributed by atoms with E-state index in [1.807, 2.05) is 0 Å². The van der Waals surface area contributed by atoms with Crippen molar-refractivity contribution >= 4 is 27.7 Å². The van der Waals surface area contributed by atoms with Gasteiger partial charge in [-0.05, 0) is 12.8 Å². The van der Waals surface area contributed by atoms with Crippen molar-refractivity contribution in [3.63, 3.8) is 0 Å². The summed E-state index contributed by atoms with van der Waals surface area (Å²) in [5, 5.41) is 2.13. The number of carbonyl (C=O) groups is 3. The average Bonchev–Trinajstić information content (AvgIpc) is 2.36. The van der Waals surface area contributed by atoms with E-state index in [2.05, 4.69) is 5.32 Å². The fourth-order valence-electron chi connectivity index (χ4n) is 2.49. The molecule has 0 spiro atoms. The van der Waals surface area contributed by atoms with E-state index in [4.69, 9.17) is 0 Å². The smallest absolute Gasteiger partial charge is 0.246 e. The fraction of sp³-hybridized carbons (Fsp3) is 0.727. The summed E-state index contributed by atoms with van der Waals surface area (Å²) in [4.78, 5) is 35.9. The monoisotopic (exact) mass is 303 g/mol. The number of amides is 3. The number of rotatable bonds is 2. The molecule has 2 fully saturated rings. The van der Waals surface area contributed by atoms with E-state index < -0.39 is 21.8 Å². The minimum absolute atomic E-state index is 0.114. The maximum Gasteiger partial charge on any atom is 0.246 e. The molecule has 0 saturated carbocycles. The van der Waals surface area contributed by atoms with Gasteiger partial charge in [0.25, 0.3) is 0 Å². The van der Waals surface area contributed by atoms with Crippen molar-refractivity contribution in [2.24, 2.45) is 5.92 Å². The zero-order valence-electron chi connectivity index (χ0n) is 11.2. The van der Waals surface area contributed by atoms with Crippen LogP contribution in [0.1, 0.15) is 12.8 Å². The lowest BCUT2D eigenvalue weighted by atomic mass is 9.96. The topological polar surface area (TPSA) is 104 Å². The van der Waals surface area contributed by atoms with Crippen molar-refractivity contribution in [1.82, 2.24) is 14.5 Å². The Kier molecular flexibility index (Phi) is 4.09. The van der Waals surface area contributed by atoms with Gasteiger partial charge in [-0.3, -0.25) is 19.7 Å². The summed E-state index contributed by atoms with van der Waals surface area (Å²) in [5.41, 5.74) is 0. The molecule has 0 unspecified atom stereocenters. The molecule has 0 aromatic rings. The summed E-state index contributed by atoms with van der Waals surface area (Å²) >= 11 is 0. The minimum atomic E-state index is -3.23. The van der Waals surface area contributed by atoms with E-state index in [1.54, 1.807) is 0 Å². The highest BCUT2D eigenvalue weighted by Crippen LogP contribution is 2.21. The molecule has 2 aliphatic heterocycles. The number of imide groups is 1. The van der Waals surface area contributed by atoms with Crippen LogP contribution in [0.4, 0.5) is 0 Å². The van der Waals surface area contributed by atoms with Crippen molar-refractivity contribution < 1.29 is 22.8 Å². The Hall–Kier alpha value is -1.48. The molecule has 0 bridgehead atoms. The molecule has 20 heavy (non-hydrogen) atoms. The third-order valence-electron chi connectivity index (χ3n) is 3.53. The van der Waals surface area contributed by atoms with E-state index >= 15 is 0 Å². The molecule has 2 aliphatic rings. The van der Waals surface area contributed by atoms with Crippen molar-refractivity contribution in [3.05, 3.63) is 0 Å². The molecule has 112 valence electrons. The van der Waals surface area contributed by atoms with Gasteiger partial charge in [-0.25, -0.2) is 12.7 Å². The normalized spacial score (nSPS) is 22.8. The van der Waals surface area contributed by atoms with Crippen molar-refractivity contribution in [2.75, 3.05) is 32.4 Å². The van der Waals surface area contributed by atoms with Crippen molar-refractivity contribution in [3.8, 4) is 0 Å². The number of hydrogen-bond acceptors (Lipinski definition) is 5. The maximum absolute atomic E-state index is 12.2. The van der Waals surface area contributed by atoms with Gasteiger partial charge >= 0.3 is 0 Å². The summed E-state index contributed by atoms with van der Waals surface area (Å²) in [6.07, 6.45) is 1.97. The molecule has 1 N–H and O–H groups in total. The van der Waals surface area contributed by atoms with Crippen LogP contribution in [-0.2, 0) is 24.4 Å². The molecule has 0 aromatic carbocycles. The quantitative estimate of drug-likeness (QED) is 0.603. The standard InChI is InChI=1S/C11H17N3O5S/c1-20(18,19)14-4-2-8(3-5-14)11(17)13-6-9(15)12-10(16)7-13/h8H,2-7H2,1H3,(H,12,15,16). The van der Waals surface area contributed by atoms with Gasteiger partial charge in [0.2, 0.25) is 27.7 Å². The molecule has 2 rings (SSSR count). The van der Waals surface area contributed by atoms with Gasteiger partial charge in [-0.2, -0.15) is 0 Å². The summed E-state index contributed by atoms with van der Waals surface area (Å²) in [6.45, 7) is 0.361. The van der Waals surface area contributed by atoms with Gasteiger partial charge in [0.05, 0.1) is 6.26 Å². The van der Waals surface area contributed by atoms with E-state index in [9.17, 15) is 22.8 Å². The predicted octanol–water partition coefficient (Wildman–Crippen LogP) is -1.86. The Morgan fingerprint density at radius 2 is 1.65 bits per heavy atom. The van der Waals surface area contributed by atoms with E-state index in [0.717, 1.165) is 6.26 Å². The maximum atomic E-state index is 12.2. The second kappa shape index (κ2) is 5.49. The zero-order chi connectivity index (χ0) is 14.9. The molecule has 0 atom stereocenters. The molecule has 2 heterocycles. The first-order valence-corrected chi connectivity index (χ1v) is 8.19. The molecule has 8 nitrogen and oxygen atoms in total. The molecule has 2 saturated heterocycles. The van der Waals surface area contributed by atoms with Crippen LogP contribution in [0.3, 0.4) is 0 Å². The van der Waals surface area contributed by atoms with Gasteiger partial charge in [-0.1, -0.05) is 0 Å². The SMILES string of the molecule is CS(=O)(=O)N1CCC(C(=O)N2CC(=O)NC(=O)C2)CC1. The number of piperazine rings is 1. The van der Waals surface area contributed by atoms with Gasteiger partial charge in [0, 0.05) is 19.0 Å². The van der Waals surface area contributed by atoms with Crippen LogP contribution in [0.15, 0.2) is 0 Å². The summed E-state index contributed by atoms with van der Waals surface area (Å²) in [5.74, 6) is -1.54. The van der Waals surface area contributed by atoms with E-state index in [-0.39, 0.29) is 24.9 Å². The van der Waals surface area contributed by atoms with Crippen LogP contribution in [0.25, 0.3) is 0 Å². The largest absolute Gasteiger partial charge is 0.324 e. The summed E-state index contributed by atoms with van der Waals surface area (Å²) in [7, 11) is -3.23. The van der Waals surface area contributed by atoms with Crippen LogP contribution >= 0.6 is 0 Å². The Labute approximate surface area is 117 Å². The third-order valence-corrected chi connectivity index (χ3v) is 4.83. The highest BCUT2D eigenvalue weighted by atomic mass is 32.2. The Morgan fingerprint density at radius 1 is 1.15 bits per heavy atom. The van der Waals surface area contributed by atoms with Crippen molar-refractivity contribution in [2.45, 2.75) is 12.8 Å².